The zero-order valence-electron chi connectivity index (χ0n) is 18.4. The van der Waals surface area contributed by atoms with Crippen LogP contribution in [-0.2, 0) is 13.0 Å². The Morgan fingerprint density at radius 3 is 2.50 bits per heavy atom. The van der Waals surface area contributed by atoms with Gasteiger partial charge in [-0.1, -0.05) is 68.5 Å². The number of nitrogens with zero attached hydrogens (tertiary/aromatic N) is 6. The molecule has 8 nitrogen and oxygen atoms in total. The molecule has 0 unspecified atom stereocenters. The molecule has 0 aliphatic carbocycles. The van der Waals surface area contributed by atoms with Gasteiger partial charge in [-0.25, -0.2) is 14.0 Å². The van der Waals surface area contributed by atoms with Gasteiger partial charge >= 0.3 is 5.69 Å². The maximum Gasteiger partial charge on any atom is 0.350 e. The minimum Gasteiger partial charge on any atom is -0.270 e. The summed E-state index contributed by atoms with van der Waals surface area (Å²) in [6, 6.07) is 15.1. The first kappa shape index (κ1) is 21.7. The van der Waals surface area contributed by atoms with Crippen molar-refractivity contribution < 1.29 is 4.79 Å². The maximum atomic E-state index is 12.8. The van der Waals surface area contributed by atoms with E-state index >= 15 is 0 Å². The van der Waals surface area contributed by atoms with E-state index in [4.69, 9.17) is 0 Å². The molecule has 0 radical (unpaired) electrons. The molecule has 8 heteroatoms. The van der Waals surface area contributed by atoms with Gasteiger partial charge in [0.1, 0.15) is 18.4 Å². The molecule has 0 atom stereocenters. The van der Waals surface area contributed by atoms with Gasteiger partial charge in [0, 0.05) is 0 Å². The molecule has 0 N–H and O–H groups in total. The molecule has 4 rings (SSSR count). The lowest BCUT2D eigenvalue weighted by Crippen LogP contribution is -2.29. The van der Waals surface area contributed by atoms with Crippen molar-refractivity contribution in [2.45, 2.75) is 58.4 Å². The van der Waals surface area contributed by atoms with E-state index in [1.165, 1.54) is 59.7 Å². The molecule has 0 saturated heterocycles. The van der Waals surface area contributed by atoms with Crippen molar-refractivity contribution in [3.63, 3.8) is 0 Å². The normalized spacial score (nSPS) is 11.3. The van der Waals surface area contributed by atoms with Crippen molar-refractivity contribution >= 4 is 16.9 Å². The Kier molecular flexibility index (Phi) is 6.89. The Morgan fingerprint density at radius 1 is 0.938 bits per heavy atom. The zero-order valence-corrected chi connectivity index (χ0v) is 18.4. The summed E-state index contributed by atoms with van der Waals surface area (Å²) in [4.78, 5) is 25.5. The minimum absolute atomic E-state index is 0.213. The maximum absolute atomic E-state index is 12.8. The predicted octanol–water partition coefficient (Wildman–Crippen LogP) is 4.02. The largest absolute Gasteiger partial charge is 0.350 e. The third kappa shape index (κ3) is 4.85. The van der Waals surface area contributed by atoms with Gasteiger partial charge in [-0.05, 0) is 42.7 Å². The van der Waals surface area contributed by atoms with E-state index in [1.807, 2.05) is 24.3 Å². The summed E-state index contributed by atoms with van der Waals surface area (Å²) in [5.41, 5.74) is 2.85. The zero-order chi connectivity index (χ0) is 22.3. The molecule has 0 spiro atoms. The Morgan fingerprint density at radius 2 is 1.69 bits per heavy atom. The van der Waals surface area contributed by atoms with E-state index in [9.17, 15) is 9.59 Å². The van der Waals surface area contributed by atoms with Gasteiger partial charge in [-0.15, -0.1) is 5.10 Å². The highest BCUT2D eigenvalue weighted by atomic mass is 16.2. The highest BCUT2D eigenvalue weighted by molar-refractivity contribution is 5.88. The van der Waals surface area contributed by atoms with Gasteiger partial charge in [-0.3, -0.25) is 4.79 Å². The van der Waals surface area contributed by atoms with Crippen LogP contribution in [0.3, 0.4) is 0 Å². The first-order valence-electron chi connectivity index (χ1n) is 11.2. The summed E-state index contributed by atoms with van der Waals surface area (Å²) < 4.78 is 3.79. The van der Waals surface area contributed by atoms with Crippen LogP contribution < -0.4 is 5.69 Å². The molecular weight excluding hydrogens is 404 g/mol. The smallest absolute Gasteiger partial charge is 0.270 e. The highest BCUT2D eigenvalue weighted by Gasteiger charge is 2.15. The van der Waals surface area contributed by atoms with Crippen LogP contribution in [0.15, 0.2) is 59.7 Å². The number of benzene rings is 2. The van der Waals surface area contributed by atoms with Crippen molar-refractivity contribution in [2.75, 3.05) is 0 Å². The Hall–Kier alpha value is -3.55. The van der Waals surface area contributed by atoms with Crippen molar-refractivity contribution in [1.29, 1.82) is 0 Å². The van der Waals surface area contributed by atoms with Crippen molar-refractivity contribution in [1.82, 2.24) is 29.3 Å². The Labute approximate surface area is 186 Å². The fraction of sp³-hybridized carbons (Fsp3) is 0.375. The van der Waals surface area contributed by atoms with Gasteiger partial charge in [0.05, 0.1) is 11.2 Å². The van der Waals surface area contributed by atoms with E-state index in [0.29, 0.717) is 11.0 Å². The molecule has 0 aliphatic rings. The molecule has 0 saturated carbocycles. The van der Waals surface area contributed by atoms with Crippen molar-refractivity contribution in [3.05, 3.63) is 70.9 Å². The lowest BCUT2D eigenvalue weighted by atomic mass is 10.0. The van der Waals surface area contributed by atoms with E-state index in [2.05, 4.69) is 34.5 Å². The lowest BCUT2D eigenvalue weighted by molar-refractivity contribution is 0.0872. The average molecular weight is 433 g/mol. The molecule has 2 aromatic carbocycles. The summed E-state index contributed by atoms with van der Waals surface area (Å²) in [6.45, 7) is 2.02. The van der Waals surface area contributed by atoms with E-state index in [-0.39, 0.29) is 18.1 Å². The molecule has 166 valence electrons. The number of fused-ring (bicyclic) bond motifs is 1. The molecule has 2 aromatic heterocycles. The van der Waals surface area contributed by atoms with Crippen LogP contribution in [-0.4, -0.2) is 35.2 Å². The molecule has 2 heterocycles. The summed E-state index contributed by atoms with van der Waals surface area (Å²) >= 11 is 0. The molecule has 4 aromatic rings. The van der Waals surface area contributed by atoms with Crippen LogP contribution >= 0.6 is 0 Å². The van der Waals surface area contributed by atoms with Crippen molar-refractivity contribution in [3.8, 4) is 5.69 Å². The fourth-order valence-corrected chi connectivity index (χ4v) is 3.80. The fourth-order valence-electron chi connectivity index (χ4n) is 3.80. The van der Waals surface area contributed by atoms with Gasteiger partial charge < -0.3 is 0 Å². The monoisotopic (exact) mass is 432 g/mol. The number of unbranched alkanes of at least 4 members (excludes halogenated alkanes) is 5. The van der Waals surface area contributed by atoms with Crippen LogP contribution in [0.1, 0.15) is 55.8 Å². The van der Waals surface area contributed by atoms with Gasteiger partial charge in [0.25, 0.3) is 5.91 Å². The average Bonchev–Trinajstić information content (AvgIpc) is 3.40. The van der Waals surface area contributed by atoms with Crippen LogP contribution in [0.2, 0.25) is 0 Å². The summed E-state index contributed by atoms with van der Waals surface area (Å²) in [5, 5.41) is 12.0. The minimum atomic E-state index is -0.375. The number of para-hydroxylation sites is 1. The Bertz CT molecular complexity index is 1240. The van der Waals surface area contributed by atoms with E-state index in [0.717, 1.165) is 16.8 Å². The van der Waals surface area contributed by atoms with Crippen LogP contribution in [0.25, 0.3) is 16.7 Å². The highest BCUT2D eigenvalue weighted by Crippen LogP contribution is 2.13. The number of aryl methyl sites for hydroxylation is 1. The first-order valence-corrected chi connectivity index (χ1v) is 11.2. The second-order valence-corrected chi connectivity index (χ2v) is 8.01. The van der Waals surface area contributed by atoms with E-state index < -0.39 is 0 Å². The lowest BCUT2D eigenvalue weighted by Gasteiger charge is -2.05. The first-order chi connectivity index (χ1) is 15.7. The molecule has 0 bridgehead atoms. The second kappa shape index (κ2) is 10.2. The predicted molar refractivity (Wildman–Crippen MR) is 123 cm³/mol. The topological polar surface area (TPSA) is 87.6 Å². The number of hydrogen-bond donors (Lipinski definition) is 0. The number of hydrogen-bond acceptors (Lipinski definition) is 5. The van der Waals surface area contributed by atoms with Crippen LogP contribution in [0.5, 0.6) is 0 Å². The molecule has 0 aliphatic heterocycles. The third-order valence-corrected chi connectivity index (χ3v) is 5.64. The number of carbonyl (C=O) groups is 1. The van der Waals surface area contributed by atoms with Crippen LogP contribution in [0.4, 0.5) is 0 Å². The quantitative estimate of drug-likeness (QED) is 0.353. The second-order valence-electron chi connectivity index (χ2n) is 8.01. The molecule has 32 heavy (non-hydrogen) atoms. The van der Waals surface area contributed by atoms with Gasteiger partial charge in [0.15, 0.2) is 0 Å². The standard InChI is InChI=1S/C24H28N6O2/c1-2-3-4-5-6-7-10-19-13-15-20(16-14-19)28-18-25-29(24(28)32)17-23(31)30-22-12-9-8-11-21(22)26-27-30/h8-9,11-16,18H,2-7,10,17H2,1H3. The molecule has 0 fully saturated rings. The number of rotatable bonds is 10. The van der Waals surface area contributed by atoms with Crippen LogP contribution in [0, 0.1) is 0 Å². The van der Waals surface area contributed by atoms with E-state index in [1.54, 1.807) is 12.1 Å². The number of carbonyl (C=O) groups excluding carboxylic acids is 1. The van der Waals surface area contributed by atoms with Gasteiger partial charge in [0.2, 0.25) is 0 Å². The Balaban J connectivity index is 1.39. The van der Waals surface area contributed by atoms with Gasteiger partial charge in [-0.2, -0.15) is 9.78 Å². The summed E-state index contributed by atoms with van der Waals surface area (Å²) in [5.74, 6) is -0.375. The third-order valence-electron chi connectivity index (χ3n) is 5.64. The number of aromatic nitrogens is 6. The molecule has 0 amide bonds. The summed E-state index contributed by atoms with van der Waals surface area (Å²) in [7, 11) is 0. The van der Waals surface area contributed by atoms with Crippen molar-refractivity contribution in [2.24, 2.45) is 0 Å². The summed E-state index contributed by atoms with van der Waals surface area (Å²) in [6.07, 6.45) is 10.1. The SMILES string of the molecule is CCCCCCCCc1ccc(-n2cnn(CC(=O)n3nnc4ccccc43)c2=O)cc1. The molecular formula is C24H28N6O2.